The highest BCUT2D eigenvalue weighted by atomic mass is 35.5. The minimum absolute atomic E-state index is 0.0102. The van der Waals surface area contributed by atoms with Gasteiger partial charge in [-0.05, 0) is 26.7 Å². The zero-order valence-corrected chi connectivity index (χ0v) is 14.0. The molecule has 1 aromatic heterocycles. The van der Waals surface area contributed by atoms with Crippen LogP contribution in [0.1, 0.15) is 51.9 Å². The summed E-state index contributed by atoms with van der Waals surface area (Å²) in [5, 5.41) is 6.55. The summed E-state index contributed by atoms with van der Waals surface area (Å²) in [6.45, 7) is 9.76. The first-order valence-electron chi connectivity index (χ1n) is 7.30. The van der Waals surface area contributed by atoms with Gasteiger partial charge in [-0.3, -0.25) is 4.79 Å². The second kappa shape index (κ2) is 5.79. The second-order valence-electron chi connectivity index (χ2n) is 6.71. The van der Waals surface area contributed by atoms with E-state index in [2.05, 4.69) is 20.6 Å². The first-order chi connectivity index (χ1) is 9.68. The molecule has 2 rings (SSSR count). The SMILES string of the molecule is Cc1c(Cl)nc(C(C)(C)C)nc1NC(C)C(=O)NC1CC1. The Kier molecular flexibility index (Phi) is 4.42. The van der Waals surface area contributed by atoms with Crippen molar-refractivity contribution in [2.24, 2.45) is 0 Å². The van der Waals surface area contributed by atoms with Crippen LogP contribution >= 0.6 is 11.6 Å². The minimum atomic E-state index is -0.358. The molecule has 1 fully saturated rings. The zero-order valence-electron chi connectivity index (χ0n) is 13.2. The standard InChI is InChI=1S/C15H23ClN4O/c1-8-11(16)19-14(15(3,4)5)20-12(8)17-9(2)13(21)18-10-6-7-10/h9-10H,6-7H2,1-5H3,(H,18,21)(H,17,19,20). The molecule has 5 nitrogen and oxygen atoms in total. The summed E-state index contributed by atoms with van der Waals surface area (Å²) in [4.78, 5) is 20.9. The van der Waals surface area contributed by atoms with Crippen LogP contribution in [0, 0.1) is 6.92 Å². The fraction of sp³-hybridized carbons (Fsp3) is 0.667. The molecule has 1 aromatic rings. The predicted molar refractivity (Wildman–Crippen MR) is 84.7 cm³/mol. The lowest BCUT2D eigenvalue weighted by Gasteiger charge is -2.21. The second-order valence-corrected chi connectivity index (χ2v) is 7.07. The average molecular weight is 311 g/mol. The van der Waals surface area contributed by atoms with Gasteiger partial charge in [0.15, 0.2) is 0 Å². The number of amides is 1. The van der Waals surface area contributed by atoms with E-state index in [9.17, 15) is 4.79 Å². The van der Waals surface area contributed by atoms with Crippen molar-refractivity contribution < 1.29 is 4.79 Å². The van der Waals surface area contributed by atoms with Gasteiger partial charge >= 0.3 is 0 Å². The molecule has 2 N–H and O–H groups in total. The van der Waals surface area contributed by atoms with Crippen molar-refractivity contribution >= 4 is 23.3 Å². The van der Waals surface area contributed by atoms with Gasteiger partial charge in [0.25, 0.3) is 0 Å². The Labute approximate surface area is 130 Å². The molecule has 1 amide bonds. The van der Waals surface area contributed by atoms with Crippen molar-refractivity contribution in [1.82, 2.24) is 15.3 Å². The summed E-state index contributed by atoms with van der Waals surface area (Å²) in [6, 6.07) is -0.00921. The summed E-state index contributed by atoms with van der Waals surface area (Å²) in [5.74, 6) is 1.28. The van der Waals surface area contributed by atoms with Gasteiger partial charge in [-0.1, -0.05) is 32.4 Å². The summed E-state index contributed by atoms with van der Waals surface area (Å²) in [7, 11) is 0. The molecule has 0 saturated heterocycles. The highest BCUT2D eigenvalue weighted by Crippen LogP contribution is 2.26. The number of hydrogen-bond acceptors (Lipinski definition) is 4. The van der Waals surface area contributed by atoms with Crippen LogP contribution in [0.4, 0.5) is 5.82 Å². The highest BCUT2D eigenvalue weighted by Gasteiger charge is 2.27. The molecule has 1 heterocycles. The summed E-state index contributed by atoms with van der Waals surface area (Å²) >= 11 is 6.19. The van der Waals surface area contributed by atoms with Gasteiger partial charge in [-0.15, -0.1) is 0 Å². The third-order valence-corrected chi connectivity index (χ3v) is 3.80. The van der Waals surface area contributed by atoms with Gasteiger partial charge < -0.3 is 10.6 Å². The lowest BCUT2D eigenvalue weighted by atomic mass is 9.95. The lowest BCUT2D eigenvalue weighted by Crippen LogP contribution is -2.39. The lowest BCUT2D eigenvalue weighted by molar-refractivity contribution is -0.121. The van der Waals surface area contributed by atoms with E-state index in [1.165, 1.54) is 0 Å². The van der Waals surface area contributed by atoms with Crippen LogP contribution in [0.15, 0.2) is 0 Å². The van der Waals surface area contributed by atoms with Crippen LogP contribution in [0.3, 0.4) is 0 Å². The molecule has 0 spiro atoms. The van der Waals surface area contributed by atoms with Crippen molar-refractivity contribution in [1.29, 1.82) is 0 Å². The molecule has 116 valence electrons. The molecule has 0 aromatic carbocycles. The zero-order chi connectivity index (χ0) is 15.8. The molecule has 0 radical (unpaired) electrons. The first-order valence-corrected chi connectivity index (χ1v) is 7.68. The van der Waals surface area contributed by atoms with Crippen LogP contribution in [-0.4, -0.2) is 28.0 Å². The maximum Gasteiger partial charge on any atom is 0.242 e. The van der Waals surface area contributed by atoms with Gasteiger partial charge in [-0.25, -0.2) is 9.97 Å². The summed E-state index contributed by atoms with van der Waals surface area (Å²) in [6.07, 6.45) is 2.15. The maximum absolute atomic E-state index is 12.0. The van der Waals surface area contributed by atoms with Gasteiger partial charge in [-0.2, -0.15) is 0 Å². The third kappa shape index (κ3) is 4.06. The molecule has 1 unspecified atom stereocenters. The number of carbonyl (C=O) groups is 1. The number of anilines is 1. The summed E-state index contributed by atoms with van der Waals surface area (Å²) < 4.78 is 0. The highest BCUT2D eigenvalue weighted by molar-refractivity contribution is 6.30. The Balaban J connectivity index is 2.17. The van der Waals surface area contributed by atoms with Crippen LogP contribution in [0.25, 0.3) is 0 Å². The van der Waals surface area contributed by atoms with Crippen molar-refractivity contribution in [3.8, 4) is 0 Å². The molecule has 6 heteroatoms. The van der Waals surface area contributed by atoms with Crippen LogP contribution < -0.4 is 10.6 Å². The number of nitrogens with one attached hydrogen (secondary N) is 2. The quantitative estimate of drug-likeness (QED) is 0.839. The van der Waals surface area contributed by atoms with Crippen molar-refractivity contribution in [3.63, 3.8) is 0 Å². The van der Waals surface area contributed by atoms with Gasteiger partial charge in [0.1, 0.15) is 22.8 Å². The van der Waals surface area contributed by atoms with Gasteiger partial charge in [0.05, 0.1) is 0 Å². The average Bonchev–Trinajstić information content (AvgIpc) is 3.17. The first kappa shape index (κ1) is 16.0. The number of nitrogens with zero attached hydrogens (tertiary/aromatic N) is 2. The maximum atomic E-state index is 12.0. The fourth-order valence-electron chi connectivity index (χ4n) is 1.79. The molecule has 0 bridgehead atoms. The molecular formula is C15H23ClN4O. The van der Waals surface area contributed by atoms with Gasteiger partial charge in [0, 0.05) is 17.0 Å². The van der Waals surface area contributed by atoms with E-state index in [4.69, 9.17) is 11.6 Å². The Morgan fingerprint density at radius 3 is 2.48 bits per heavy atom. The predicted octanol–water partition coefficient (Wildman–Crippen LogP) is 2.81. The largest absolute Gasteiger partial charge is 0.358 e. The van der Waals surface area contributed by atoms with Crippen molar-refractivity contribution in [2.45, 2.75) is 65.0 Å². The van der Waals surface area contributed by atoms with Crippen molar-refractivity contribution in [2.75, 3.05) is 5.32 Å². The molecule has 21 heavy (non-hydrogen) atoms. The molecule has 1 aliphatic carbocycles. The Hall–Kier alpha value is -1.36. The molecule has 1 saturated carbocycles. The van der Waals surface area contributed by atoms with Crippen LogP contribution in [0.5, 0.6) is 0 Å². The van der Waals surface area contributed by atoms with Crippen molar-refractivity contribution in [3.05, 3.63) is 16.5 Å². The van der Waals surface area contributed by atoms with E-state index in [1.54, 1.807) is 0 Å². The van der Waals surface area contributed by atoms with E-state index in [1.807, 2.05) is 34.6 Å². The van der Waals surface area contributed by atoms with E-state index in [-0.39, 0.29) is 17.4 Å². The normalized spacial score (nSPS) is 16.5. The number of hydrogen-bond donors (Lipinski definition) is 2. The fourth-order valence-corrected chi connectivity index (χ4v) is 1.96. The molecule has 1 atom stereocenters. The molecule has 0 aliphatic heterocycles. The Morgan fingerprint density at radius 2 is 1.95 bits per heavy atom. The number of rotatable bonds is 4. The number of aromatic nitrogens is 2. The van der Waals surface area contributed by atoms with Crippen LogP contribution in [-0.2, 0) is 10.2 Å². The third-order valence-electron chi connectivity index (χ3n) is 3.43. The van der Waals surface area contributed by atoms with Gasteiger partial charge in [0.2, 0.25) is 5.91 Å². The summed E-state index contributed by atoms with van der Waals surface area (Å²) in [5.41, 5.74) is 0.559. The Bertz CT molecular complexity index is 549. The smallest absolute Gasteiger partial charge is 0.242 e. The Morgan fingerprint density at radius 1 is 1.33 bits per heavy atom. The minimum Gasteiger partial charge on any atom is -0.358 e. The van der Waals surface area contributed by atoms with E-state index < -0.39 is 0 Å². The molecular weight excluding hydrogens is 288 g/mol. The number of carbonyl (C=O) groups excluding carboxylic acids is 1. The van der Waals surface area contributed by atoms with E-state index >= 15 is 0 Å². The number of halogens is 1. The topological polar surface area (TPSA) is 66.9 Å². The monoisotopic (exact) mass is 310 g/mol. The van der Waals surface area contributed by atoms with Crippen LogP contribution in [0.2, 0.25) is 5.15 Å². The van der Waals surface area contributed by atoms with E-state index in [0.29, 0.717) is 22.8 Å². The molecule has 1 aliphatic rings. The van der Waals surface area contributed by atoms with E-state index in [0.717, 1.165) is 18.4 Å².